The Morgan fingerprint density at radius 3 is 2.76 bits per heavy atom. The number of amides is 4. The van der Waals surface area contributed by atoms with E-state index in [0.717, 1.165) is 6.20 Å². The fraction of sp³-hybridized carbons (Fsp3) is 0.250. The first kappa shape index (κ1) is 14.4. The predicted octanol–water partition coefficient (Wildman–Crippen LogP) is -0.294. The number of carbonyl (C=O) groups excluding carboxylic acids is 3. The maximum absolute atomic E-state index is 11.7. The van der Waals surface area contributed by atoms with Gasteiger partial charge < -0.3 is 15.7 Å². The lowest BCUT2D eigenvalue weighted by atomic mass is 10.1. The normalized spacial score (nSPS) is 17.8. The van der Waals surface area contributed by atoms with Gasteiger partial charge in [-0.3, -0.25) is 19.9 Å². The highest BCUT2D eigenvalue weighted by atomic mass is 16.4. The topological polar surface area (TPSA) is 137 Å². The average molecular weight is 292 g/mol. The Hall–Kier alpha value is -2.97. The molecule has 1 atom stereocenters. The van der Waals surface area contributed by atoms with Crippen molar-refractivity contribution in [2.45, 2.75) is 18.9 Å². The highest BCUT2D eigenvalue weighted by Crippen LogP contribution is 2.09. The number of pyridine rings is 1. The molecule has 1 unspecified atom stereocenters. The van der Waals surface area contributed by atoms with Gasteiger partial charge in [-0.15, -0.1) is 0 Å². The second-order valence-corrected chi connectivity index (χ2v) is 4.37. The fourth-order valence-corrected chi connectivity index (χ4v) is 1.78. The highest BCUT2D eigenvalue weighted by molar-refractivity contribution is 6.02. The average Bonchev–Trinajstić information content (AvgIpc) is 2.42. The number of aromatic nitrogens is 1. The monoisotopic (exact) mass is 292 g/mol. The molecule has 110 valence electrons. The first-order chi connectivity index (χ1) is 9.95. The maximum atomic E-state index is 11.7. The van der Waals surface area contributed by atoms with E-state index in [1.165, 1.54) is 12.3 Å². The third-order valence-corrected chi connectivity index (χ3v) is 2.79. The van der Waals surface area contributed by atoms with Gasteiger partial charge in [0.25, 0.3) is 0 Å². The summed E-state index contributed by atoms with van der Waals surface area (Å²) in [5.74, 6) is -2.12. The number of rotatable bonds is 3. The first-order valence-electron chi connectivity index (χ1n) is 6.05. The van der Waals surface area contributed by atoms with E-state index in [1.54, 1.807) is 0 Å². The fourth-order valence-electron chi connectivity index (χ4n) is 1.78. The molecule has 0 aliphatic carbocycles. The number of piperidine rings is 1. The van der Waals surface area contributed by atoms with Gasteiger partial charge in [0.1, 0.15) is 6.04 Å². The molecule has 0 bridgehead atoms. The van der Waals surface area contributed by atoms with Crippen LogP contribution < -0.4 is 16.0 Å². The molecule has 4 N–H and O–H groups in total. The van der Waals surface area contributed by atoms with Gasteiger partial charge in [-0.05, 0) is 12.5 Å². The maximum Gasteiger partial charge on any atom is 0.337 e. The quantitative estimate of drug-likeness (QED) is 0.565. The number of hydrogen-bond donors (Lipinski definition) is 4. The zero-order chi connectivity index (χ0) is 15.4. The van der Waals surface area contributed by atoms with Crippen LogP contribution in [-0.2, 0) is 9.59 Å². The Kier molecular flexibility index (Phi) is 4.12. The number of carboxylic acid groups (broad SMARTS) is 1. The van der Waals surface area contributed by atoms with Crippen LogP contribution in [0.2, 0.25) is 0 Å². The van der Waals surface area contributed by atoms with Gasteiger partial charge in [-0.25, -0.2) is 9.59 Å². The molecule has 1 fully saturated rings. The Bertz CT molecular complexity index is 615. The summed E-state index contributed by atoms with van der Waals surface area (Å²) in [6.45, 7) is 0. The van der Waals surface area contributed by atoms with Gasteiger partial charge in [0.15, 0.2) is 0 Å². The SMILES string of the molecule is O=C1CCC(NC(=O)Nc2cncc(C(=O)O)c2)C(=O)N1. The minimum Gasteiger partial charge on any atom is -0.478 e. The summed E-state index contributed by atoms with van der Waals surface area (Å²) in [7, 11) is 0. The Morgan fingerprint density at radius 2 is 2.10 bits per heavy atom. The minimum absolute atomic E-state index is 0.0752. The second-order valence-electron chi connectivity index (χ2n) is 4.37. The highest BCUT2D eigenvalue weighted by Gasteiger charge is 2.27. The number of aromatic carboxylic acids is 1. The number of hydrogen-bond acceptors (Lipinski definition) is 5. The number of urea groups is 1. The molecule has 0 spiro atoms. The van der Waals surface area contributed by atoms with E-state index < -0.39 is 23.9 Å². The number of anilines is 1. The van der Waals surface area contributed by atoms with E-state index >= 15 is 0 Å². The molecule has 1 aromatic rings. The van der Waals surface area contributed by atoms with Gasteiger partial charge in [-0.2, -0.15) is 0 Å². The summed E-state index contributed by atoms with van der Waals surface area (Å²) >= 11 is 0. The summed E-state index contributed by atoms with van der Waals surface area (Å²) in [5, 5.41) is 15.7. The molecule has 1 saturated heterocycles. The smallest absolute Gasteiger partial charge is 0.337 e. The van der Waals surface area contributed by atoms with Crippen molar-refractivity contribution in [3.63, 3.8) is 0 Å². The van der Waals surface area contributed by atoms with Crippen LogP contribution in [0.1, 0.15) is 23.2 Å². The van der Waals surface area contributed by atoms with Gasteiger partial charge in [0.05, 0.1) is 17.4 Å². The second kappa shape index (κ2) is 5.99. The summed E-state index contributed by atoms with van der Waals surface area (Å²) in [5.41, 5.74) is 0.105. The number of nitrogens with zero attached hydrogens (tertiary/aromatic N) is 1. The number of nitrogens with one attached hydrogen (secondary N) is 3. The van der Waals surface area contributed by atoms with Crippen molar-refractivity contribution in [1.82, 2.24) is 15.6 Å². The molecule has 1 aromatic heterocycles. The molecule has 2 rings (SSSR count). The lowest BCUT2D eigenvalue weighted by molar-refractivity contribution is -0.134. The van der Waals surface area contributed by atoms with Crippen LogP contribution in [0.25, 0.3) is 0 Å². The molecule has 21 heavy (non-hydrogen) atoms. The van der Waals surface area contributed by atoms with Crippen molar-refractivity contribution >= 4 is 29.5 Å². The van der Waals surface area contributed by atoms with E-state index in [1.807, 2.05) is 0 Å². The first-order valence-corrected chi connectivity index (χ1v) is 6.05. The number of carboxylic acids is 1. The third-order valence-electron chi connectivity index (χ3n) is 2.79. The van der Waals surface area contributed by atoms with E-state index in [4.69, 9.17) is 5.11 Å². The third kappa shape index (κ3) is 3.75. The van der Waals surface area contributed by atoms with E-state index in [9.17, 15) is 19.2 Å². The van der Waals surface area contributed by atoms with Gasteiger partial charge in [0.2, 0.25) is 11.8 Å². The molecular weight excluding hydrogens is 280 g/mol. The Labute approximate surface area is 118 Å². The van der Waals surface area contributed by atoms with E-state index in [2.05, 4.69) is 20.9 Å². The molecule has 1 aliphatic heterocycles. The van der Waals surface area contributed by atoms with Crippen molar-refractivity contribution in [2.75, 3.05) is 5.32 Å². The van der Waals surface area contributed by atoms with E-state index in [-0.39, 0.29) is 30.0 Å². The zero-order valence-electron chi connectivity index (χ0n) is 10.8. The molecular formula is C12H12N4O5. The van der Waals surface area contributed by atoms with Crippen LogP contribution in [0.3, 0.4) is 0 Å². The zero-order valence-corrected chi connectivity index (χ0v) is 10.8. The standard InChI is InChI=1S/C12H12N4O5/c17-9-2-1-8(10(18)16-9)15-12(21)14-7-3-6(11(19)20)4-13-5-7/h3-5,8H,1-2H2,(H,19,20)(H2,14,15,21)(H,16,17,18). The molecule has 1 aliphatic rings. The van der Waals surface area contributed by atoms with Crippen LogP contribution in [-0.4, -0.2) is 39.9 Å². The molecule has 4 amide bonds. The molecule has 9 heteroatoms. The summed E-state index contributed by atoms with van der Waals surface area (Å²) in [4.78, 5) is 48.6. The molecule has 9 nitrogen and oxygen atoms in total. The van der Waals surface area contributed by atoms with E-state index in [0.29, 0.717) is 0 Å². The molecule has 0 radical (unpaired) electrons. The van der Waals surface area contributed by atoms with Gasteiger partial charge in [0, 0.05) is 12.6 Å². The van der Waals surface area contributed by atoms with Crippen molar-refractivity contribution in [3.8, 4) is 0 Å². The molecule has 0 aromatic carbocycles. The Balaban J connectivity index is 1.95. The lowest BCUT2D eigenvalue weighted by Crippen LogP contribution is -2.53. The van der Waals surface area contributed by atoms with Crippen molar-refractivity contribution < 1.29 is 24.3 Å². The largest absolute Gasteiger partial charge is 0.478 e. The lowest BCUT2D eigenvalue weighted by Gasteiger charge is -2.21. The Morgan fingerprint density at radius 1 is 1.33 bits per heavy atom. The summed E-state index contributed by atoms with van der Waals surface area (Å²) < 4.78 is 0. The summed E-state index contributed by atoms with van der Waals surface area (Å²) in [6.07, 6.45) is 2.78. The van der Waals surface area contributed by atoms with Crippen molar-refractivity contribution in [3.05, 3.63) is 24.0 Å². The van der Waals surface area contributed by atoms with Crippen molar-refractivity contribution in [2.24, 2.45) is 0 Å². The van der Waals surface area contributed by atoms with Crippen LogP contribution in [0.4, 0.5) is 10.5 Å². The van der Waals surface area contributed by atoms with Gasteiger partial charge in [-0.1, -0.05) is 0 Å². The van der Waals surface area contributed by atoms with Gasteiger partial charge >= 0.3 is 12.0 Å². The minimum atomic E-state index is -1.17. The van der Waals surface area contributed by atoms with Crippen LogP contribution >= 0.6 is 0 Å². The predicted molar refractivity (Wildman–Crippen MR) is 69.5 cm³/mol. The van der Waals surface area contributed by atoms with Crippen molar-refractivity contribution in [1.29, 1.82) is 0 Å². The van der Waals surface area contributed by atoms with Crippen LogP contribution in [0.15, 0.2) is 18.5 Å². The van der Waals surface area contributed by atoms with Crippen LogP contribution in [0, 0.1) is 0 Å². The molecule has 2 heterocycles. The summed E-state index contributed by atoms with van der Waals surface area (Å²) in [6, 6.07) is -0.258. The number of carbonyl (C=O) groups is 4. The van der Waals surface area contributed by atoms with Crippen LogP contribution in [0.5, 0.6) is 0 Å². The molecule has 0 saturated carbocycles. The number of imide groups is 1.